The molecule has 0 N–H and O–H groups in total. The molecule has 0 saturated carbocycles. The number of carbonyl (C=O) groups excluding carboxylic acids is 1. The van der Waals surface area contributed by atoms with Crippen molar-refractivity contribution in [2.24, 2.45) is 7.05 Å². The van der Waals surface area contributed by atoms with Gasteiger partial charge in [0.1, 0.15) is 11.4 Å². The lowest BCUT2D eigenvalue weighted by Crippen LogP contribution is -2.25. The van der Waals surface area contributed by atoms with Crippen molar-refractivity contribution in [3.05, 3.63) is 129 Å². The first-order valence-corrected chi connectivity index (χ1v) is 12.8. The molecule has 0 fully saturated rings. The second kappa shape index (κ2) is 11.5. The molecule has 2 aromatic heterocycles. The van der Waals surface area contributed by atoms with E-state index in [1.54, 1.807) is 24.9 Å². The van der Waals surface area contributed by atoms with Gasteiger partial charge in [-0.25, -0.2) is 23.4 Å². The highest BCUT2D eigenvalue weighted by Gasteiger charge is 2.21. The molecule has 6 nitrogen and oxygen atoms in total. The van der Waals surface area contributed by atoms with Gasteiger partial charge >= 0.3 is 0 Å². The molecule has 0 aliphatic rings. The molecule has 0 saturated heterocycles. The second-order valence-electron chi connectivity index (χ2n) is 9.54. The van der Waals surface area contributed by atoms with Crippen molar-refractivity contribution < 1.29 is 13.6 Å². The number of rotatable bonds is 7. The van der Waals surface area contributed by atoms with Crippen molar-refractivity contribution in [2.75, 3.05) is 0 Å². The third-order valence-electron chi connectivity index (χ3n) is 6.80. The lowest BCUT2D eigenvalue weighted by molar-refractivity contribution is 0.0982. The van der Waals surface area contributed by atoms with Crippen molar-refractivity contribution in [2.45, 2.75) is 32.7 Å². The van der Waals surface area contributed by atoms with Gasteiger partial charge in [0.25, 0.3) is 5.56 Å². The molecule has 0 atom stereocenters. The van der Waals surface area contributed by atoms with Crippen molar-refractivity contribution >= 4 is 16.7 Å². The van der Waals surface area contributed by atoms with Gasteiger partial charge in [0.2, 0.25) is 0 Å². The fourth-order valence-corrected chi connectivity index (χ4v) is 4.55. The van der Waals surface area contributed by atoms with E-state index in [4.69, 9.17) is 0 Å². The van der Waals surface area contributed by atoms with Crippen LogP contribution in [0.2, 0.25) is 0 Å². The third kappa shape index (κ3) is 5.74. The number of hydrogen-bond acceptors (Lipinski definition) is 4. The molecule has 0 bridgehead atoms. The van der Waals surface area contributed by atoms with Crippen molar-refractivity contribution in [3.8, 4) is 11.8 Å². The number of Topliss-reactive ketones (excluding diaryl/α,β-unsaturated/α-hetero) is 1. The number of carbonyl (C=O) groups is 1. The summed E-state index contributed by atoms with van der Waals surface area (Å²) in [7, 11) is 1.65. The first-order chi connectivity index (χ1) is 19.3. The number of benzene rings is 3. The molecule has 5 aromatic rings. The highest BCUT2D eigenvalue weighted by atomic mass is 19.2. The predicted octanol–water partition coefficient (Wildman–Crippen LogP) is 5.37. The molecule has 0 spiro atoms. The van der Waals surface area contributed by atoms with E-state index in [0.717, 1.165) is 40.0 Å². The minimum Gasteiger partial charge on any atom is -0.294 e. The quantitative estimate of drug-likeness (QED) is 0.207. The first-order valence-electron chi connectivity index (χ1n) is 12.8. The fraction of sp³-hybridized carbons (Fsp3) is 0.188. The van der Waals surface area contributed by atoms with E-state index >= 15 is 0 Å². The van der Waals surface area contributed by atoms with E-state index < -0.39 is 17.2 Å². The lowest BCUT2D eigenvalue weighted by atomic mass is 10.1. The minimum absolute atomic E-state index is 0.0138. The van der Waals surface area contributed by atoms with Crippen LogP contribution in [-0.4, -0.2) is 25.1 Å². The van der Waals surface area contributed by atoms with Crippen LogP contribution in [0.1, 0.15) is 51.4 Å². The maximum absolute atomic E-state index is 13.6. The third-order valence-corrected chi connectivity index (χ3v) is 6.80. The zero-order chi connectivity index (χ0) is 28.2. The Hall–Kier alpha value is -4.90. The van der Waals surface area contributed by atoms with Crippen molar-refractivity contribution in [3.63, 3.8) is 0 Å². The summed E-state index contributed by atoms with van der Waals surface area (Å²) < 4.78 is 29.8. The van der Waals surface area contributed by atoms with E-state index in [-0.39, 0.29) is 30.7 Å². The Kier molecular flexibility index (Phi) is 7.65. The summed E-state index contributed by atoms with van der Waals surface area (Å²) in [6, 6.07) is 19.2. The van der Waals surface area contributed by atoms with Crippen LogP contribution < -0.4 is 5.56 Å². The molecule has 5 rings (SSSR count). The van der Waals surface area contributed by atoms with Gasteiger partial charge in [-0.2, -0.15) is 0 Å². The molecule has 40 heavy (non-hydrogen) atoms. The van der Waals surface area contributed by atoms with E-state index in [9.17, 15) is 18.4 Å². The SMILES string of the molecule is Cc1c(C(=O)CCC#Cc2ccc3nc(Cc4ccccc4)ncc3c2)c(=O)n(Cc2ccc(F)c(F)c2)n1C. The predicted molar refractivity (Wildman–Crippen MR) is 149 cm³/mol. The fourth-order valence-electron chi connectivity index (χ4n) is 4.55. The minimum atomic E-state index is -0.988. The molecule has 2 heterocycles. The molecular weight excluding hydrogens is 510 g/mol. The van der Waals surface area contributed by atoms with Crippen LogP contribution in [0.15, 0.2) is 77.7 Å². The Bertz CT molecular complexity index is 1850. The molecule has 0 aliphatic heterocycles. The Morgan fingerprint density at radius 3 is 2.55 bits per heavy atom. The summed E-state index contributed by atoms with van der Waals surface area (Å²) in [6.45, 7) is 1.70. The van der Waals surface area contributed by atoms with Gasteiger partial charge in [-0.1, -0.05) is 48.2 Å². The van der Waals surface area contributed by atoms with Crippen LogP contribution in [0.4, 0.5) is 8.78 Å². The second-order valence-corrected chi connectivity index (χ2v) is 9.54. The van der Waals surface area contributed by atoms with Gasteiger partial charge in [-0.15, -0.1) is 0 Å². The van der Waals surface area contributed by atoms with Crippen LogP contribution in [0.3, 0.4) is 0 Å². The molecule has 0 unspecified atom stereocenters. The molecule has 0 radical (unpaired) electrons. The normalized spacial score (nSPS) is 10.9. The largest absolute Gasteiger partial charge is 0.294 e. The van der Waals surface area contributed by atoms with E-state index in [2.05, 4.69) is 21.8 Å². The maximum atomic E-state index is 13.6. The summed E-state index contributed by atoms with van der Waals surface area (Å²) in [6.07, 6.45) is 2.81. The Labute approximate surface area is 229 Å². The number of fused-ring (bicyclic) bond motifs is 1. The average molecular weight is 537 g/mol. The lowest BCUT2D eigenvalue weighted by Gasteiger charge is -2.08. The van der Waals surface area contributed by atoms with Crippen LogP contribution in [0.25, 0.3) is 10.9 Å². The summed E-state index contributed by atoms with van der Waals surface area (Å²) in [5.74, 6) is 4.58. The number of halogens is 2. The Balaban J connectivity index is 1.25. The molecule has 3 aromatic carbocycles. The van der Waals surface area contributed by atoms with Crippen LogP contribution in [-0.2, 0) is 20.0 Å². The van der Waals surface area contributed by atoms with Gasteiger partial charge in [0, 0.05) is 49.2 Å². The van der Waals surface area contributed by atoms with Crippen LogP contribution in [0, 0.1) is 30.4 Å². The molecular formula is C32H26F2N4O2. The van der Waals surface area contributed by atoms with Gasteiger partial charge in [-0.3, -0.25) is 14.3 Å². The van der Waals surface area contributed by atoms with Crippen molar-refractivity contribution in [1.29, 1.82) is 0 Å². The first kappa shape index (κ1) is 26.7. The topological polar surface area (TPSA) is 69.8 Å². The van der Waals surface area contributed by atoms with E-state index in [1.807, 2.05) is 48.5 Å². The van der Waals surface area contributed by atoms with E-state index in [1.165, 1.54) is 10.7 Å². The van der Waals surface area contributed by atoms with E-state index in [0.29, 0.717) is 17.7 Å². The zero-order valence-corrected chi connectivity index (χ0v) is 22.1. The number of hydrogen-bond donors (Lipinski definition) is 0. The average Bonchev–Trinajstić information content (AvgIpc) is 3.16. The molecule has 8 heteroatoms. The Morgan fingerprint density at radius 2 is 1.77 bits per heavy atom. The zero-order valence-electron chi connectivity index (χ0n) is 22.1. The van der Waals surface area contributed by atoms with Crippen molar-refractivity contribution in [1.82, 2.24) is 19.3 Å². The molecule has 200 valence electrons. The van der Waals surface area contributed by atoms with Gasteiger partial charge < -0.3 is 0 Å². The highest BCUT2D eigenvalue weighted by Crippen LogP contribution is 2.16. The molecule has 0 aliphatic carbocycles. The summed E-state index contributed by atoms with van der Waals surface area (Å²) in [5.41, 5.74) is 3.30. The smallest absolute Gasteiger partial charge is 0.278 e. The van der Waals surface area contributed by atoms with Gasteiger partial charge in [0.05, 0.1) is 12.1 Å². The maximum Gasteiger partial charge on any atom is 0.278 e. The van der Waals surface area contributed by atoms with Crippen LogP contribution >= 0.6 is 0 Å². The monoisotopic (exact) mass is 536 g/mol. The molecule has 0 amide bonds. The highest BCUT2D eigenvalue weighted by molar-refractivity contribution is 5.97. The van der Waals surface area contributed by atoms with Crippen LogP contribution in [0.5, 0.6) is 0 Å². The summed E-state index contributed by atoms with van der Waals surface area (Å²) in [4.78, 5) is 35.1. The number of nitrogens with zero attached hydrogens (tertiary/aromatic N) is 4. The number of aromatic nitrogens is 4. The standard InChI is InChI=1S/C32H26F2N4O2/c1-21-31(32(40)38(37(21)2)20-24-12-14-26(33)27(34)17-24)29(39)11-7-6-10-23-13-15-28-25(16-23)19-35-30(36-28)18-22-8-4-3-5-9-22/h3-5,8-9,12-17,19H,7,11,18,20H2,1-2H3. The summed E-state index contributed by atoms with van der Waals surface area (Å²) in [5, 5.41) is 0.876. The Morgan fingerprint density at radius 1 is 0.975 bits per heavy atom. The van der Waals surface area contributed by atoms with Gasteiger partial charge in [-0.05, 0) is 48.4 Å². The summed E-state index contributed by atoms with van der Waals surface area (Å²) >= 11 is 0. The number of ketones is 1. The van der Waals surface area contributed by atoms with Gasteiger partial charge in [0.15, 0.2) is 17.4 Å².